The Hall–Kier alpha value is -3.10. The van der Waals surface area contributed by atoms with Gasteiger partial charge in [0.15, 0.2) is 0 Å². The molecule has 1 aromatic heterocycles. The van der Waals surface area contributed by atoms with Gasteiger partial charge in [0, 0.05) is 0 Å². The molecule has 0 aliphatic carbocycles. The number of carbonyl (C=O) groups is 4. The van der Waals surface area contributed by atoms with E-state index in [1.165, 1.54) is 18.2 Å². The Bertz CT molecular complexity index is 1180. The molecule has 0 amide bonds. The second-order valence-electron chi connectivity index (χ2n) is 7.25. The third kappa shape index (κ3) is 3.96. The zero-order valence-electron chi connectivity index (χ0n) is 15.9. The van der Waals surface area contributed by atoms with Crippen LogP contribution in [0.2, 0.25) is 0 Å². The topological polar surface area (TPSA) is 113 Å². The van der Waals surface area contributed by atoms with E-state index in [1.807, 2.05) is 20.8 Å². The first kappa shape index (κ1) is 21.6. The number of rotatable bonds is 4. The fraction of sp³-hybridized carbons (Fsp3) is 0.200. The predicted octanol–water partition coefficient (Wildman–Crippen LogP) is 5.01. The maximum atomic E-state index is 12.5. The molecule has 0 saturated carbocycles. The van der Waals surface area contributed by atoms with E-state index in [0.29, 0.717) is 5.56 Å². The quantitative estimate of drug-likeness (QED) is 0.308. The summed E-state index contributed by atoms with van der Waals surface area (Å²) in [5.74, 6) is -2.31. The van der Waals surface area contributed by atoms with E-state index >= 15 is 0 Å². The number of halogens is 2. The van der Waals surface area contributed by atoms with E-state index in [4.69, 9.17) is 23.2 Å². The SMILES string of the molecule is CC(C)(C)c1cccc(C(=O)OOC(=O)c2ccc3ooc3c2C(=O)Cl)c1C(=O)Cl. The van der Waals surface area contributed by atoms with Crippen LogP contribution in [0.4, 0.5) is 0 Å². The Morgan fingerprint density at radius 3 is 1.83 bits per heavy atom. The van der Waals surface area contributed by atoms with Crippen LogP contribution >= 0.6 is 23.2 Å². The summed E-state index contributed by atoms with van der Waals surface area (Å²) in [6.07, 6.45) is 0. The van der Waals surface area contributed by atoms with Gasteiger partial charge >= 0.3 is 11.9 Å². The molecule has 3 rings (SSSR count). The minimum absolute atomic E-state index is 0.0383. The van der Waals surface area contributed by atoms with Gasteiger partial charge < -0.3 is 0 Å². The summed E-state index contributed by atoms with van der Waals surface area (Å²) < 4.78 is 9.31. The molecule has 0 bridgehead atoms. The van der Waals surface area contributed by atoms with Crippen molar-refractivity contribution >= 4 is 56.8 Å². The molecular formula is C20H14Cl2O8. The average Bonchev–Trinajstić information content (AvgIpc) is 2.64. The zero-order chi connectivity index (χ0) is 22.2. The number of fused-ring (bicyclic) bond motifs is 1. The maximum absolute atomic E-state index is 12.5. The van der Waals surface area contributed by atoms with Gasteiger partial charge in [-0.05, 0) is 52.4 Å². The highest BCUT2D eigenvalue weighted by atomic mass is 35.5. The van der Waals surface area contributed by atoms with Gasteiger partial charge in [0.05, 0.1) is 16.7 Å². The van der Waals surface area contributed by atoms with E-state index in [0.717, 1.165) is 0 Å². The summed E-state index contributed by atoms with van der Waals surface area (Å²) in [7, 11) is 0. The predicted molar refractivity (Wildman–Crippen MR) is 105 cm³/mol. The van der Waals surface area contributed by atoms with Crippen LogP contribution in [0.3, 0.4) is 0 Å². The second kappa shape index (κ2) is 7.97. The standard InChI is InChI=1S/C20H14Cl2O8/c1-20(2,3)11-6-4-5-9(13(11)16(21)23)18(25)29-30-19(26)10-7-8-12-15(28-27-12)14(10)17(22)24/h4-8H,1-3H3. The summed E-state index contributed by atoms with van der Waals surface area (Å²) in [5, 5.41) is -1.87. The normalized spacial score (nSPS) is 11.4. The Labute approximate surface area is 179 Å². The molecule has 0 aliphatic heterocycles. The molecule has 8 nitrogen and oxygen atoms in total. The van der Waals surface area contributed by atoms with Crippen molar-refractivity contribution in [1.82, 2.24) is 0 Å². The highest BCUT2D eigenvalue weighted by Crippen LogP contribution is 2.30. The van der Waals surface area contributed by atoms with Crippen molar-refractivity contribution in [2.75, 3.05) is 0 Å². The van der Waals surface area contributed by atoms with E-state index in [-0.39, 0.29) is 33.4 Å². The zero-order valence-corrected chi connectivity index (χ0v) is 17.4. The maximum Gasteiger partial charge on any atom is 0.387 e. The van der Waals surface area contributed by atoms with Crippen LogP contribution < -0.4 is 0 Å². The molecule has 10 heteroatoms. The first-order valence-corrected chi connectivity index (χ1v) is 9.25. The second-order valence-corrected chi connectivity index (χ2v) is 7.94. The molecule has 0 atom stereocenters. The van der Waals surface area contributed by atoms with Gasteiger partial charge in [-0.2, -0.15) is 0 Å². The van der Waals surface area contributed by atoms with Gasteiger partial charge in [-0.25, -0.2) is 19.4 Å². The largest absolute Gasteiger partial charge is 0.387 e. The molecular weight excluding hydrogens is 439 g/mol. The Kier molecular flexibility index (Phi) is 5.74. The van der Waals surface area contributed by atoms with E-state index in [9.17, 15) is 19.2 Å². The number of benzene rings is 2. The van der Waals surface area contributed by atoms with Crippen molar-refractivity contribution in [3.8, 4) is 0 Å². The molecule has 0 radical (unpaired) electrons. The third-order valence-corrected chi connectivity index (χ3v) is 4.61. The monoisotopic (exact) mass is 452 g/mol. The van der Waals surface area contributed by atoms with Gasteiger partial charge in [0.2, 0.25) is 11.2 Å². The number of carbonyl (C=O) groups excluding carboxylic acids is 4. The first-order valence-electron chi connectivity index (χ1n) is 8.50. The van der Waals surface area contributed by atoms with Crippen molar-refractivity contribution in [1.29, 1.82) is 0 Å². The lowest BCUT2D eigenvalue weighted by Gasteiger charge is -2.22. The lowest BCUT2D eigenvalue weighted by atomic mass is 9.82. The lowest BCUT2D eigenvalue weighted by molar-refractivity contribution is -0.187. The molecule has 3 aromatic rings. The van der Waals surface area contributed by atoms with Crippen LogP contribution in [-0.4, -0.2) is 22.4 Å². The van der Waals surface area contributed by atoms with Gasteiger partial charge in [-0.3, -0.25) is 18.7 Å². The van der Waals surface area contributed by atoms with Crippen LogP contribution in [0.1, 0.15) is 67.8 Å². The molecule has 1 heterocycles. The van der Waals surface area contributed by atoms with Crippen molar-refractivity contribution < 1.29 is 38.1 Å². The van der Waals surface area contributed by atoms with E-state index in [1.54, 1.807) is 12.1 Å². The fourth-order valence-electron chi connectivity index (χ4n) is 2.85. The highest BCUT2D eigenvalue weighted by Gasteiger charge is 2.29. The summed E-state index contributed by atoms with van der Waals surface area (Å²) >= 11 is 11.2. The molecule has 2 aromatic carbocycles. The van der Waals surface area contributed by atoms with Crippen LogP contribution in [0.25, 0.3) is 11.2 Å². The lowest BCUT2D eigenvalue weighted by Crippen LogP contribution is -2.20. The van der Waals surface area contributed by atoms with E-state index in [2.05, 4.69) is 18.9 Å². The fourth-order valence-corrected chi connectivity index (χ4v) is 3.25. The van der Waals surface area contributed by atoms with Crippen molar-refractivity contribution in [2.45, 2.75) is 26.2 Å². The molecule has 30 heavy (non-hydrogen) atoms. The van der Waals surface area contributed by atoms with Gasteiger partial charge in [0.1, 0.15) is 5.56 Å². The van der Waals surface area contributed by atoms with Crippen molar-refractivity contribution in [3.05, 3.63) is 58.1 Å². The van der Waals surface area contributed by atoms with Crippen LogP contribution in [0.5, 0.6) is 0 Å². The minimum Gasteiger partial charge on any atom is -0.286 e. The molecule has 156 valence electrons. The van der Waals surface area contributed by atoms with Gasteiger partial charge in [0.25, 0.3) is 10.5 Å². The Morgan fingerprint density at radius 1 is 0.800 bits per heavy atom. The number of hydrogen-bond donors (Lipinski definition) is 0. The average molecular weight is 453 g/mol. The van der Waals surface area contributed by atoms with Crippen molar-refractivity contribution in [2.24, 2.45) is 0 Å². The minimum atomic E-state index is -1.18. The van der Waals surface area contributed by atoms with Crippen LogP contribution in [0, 0.1) is 0 Å². The summed E-state index contributed by atoms with van der Waals surface area (Å²) in [5.41, 5.74) is -0.669. The smallest absolute Gasteiger partial charge is 0.286 e. The molecule has 0 spiro atoms. The molecule has 0 N–H and O–H groups in total. The van der Waals surface area contributed by atoms with Gasteiger partial charge in [-0.15, -0.1) is 0 Å². The Morgan fingerprint density at radius 2 is 1.37 bits per heavy atom. The summed E-state index contributed by atoms with van der Waals surface area (Å²) in [6.45, 7) is 5.51. The van der Waals surface area contributed by atoms with E-state index < -0.39 is 27.8 Å². The molecule has 0 fully saturated rings. The van der Waals surface area contributed by atoms with Crippen molar-refractivity contribution in [3.63, 3.8) is 0 Å². The highest BCUT2D eigenvalue weighted by molar-refractivity contribution is 6.69. The number of hydrogen-bond acceptors (Lipinski definition) is 8. The van der Waals surface area contributed by atoms with Crippen LogP contribution in [-0.2, 0) is 15.2 Å². The first-order chi connectivity index (χ1) is 14.0. The van der Waals surface area contributed by atoms with Crippen LogP contribution in [0.15, 0.2) is 39.5 Å². The van der Waals surface area contributed by atoms with Gasteiger partial charge in [-0.1, -0.05) is 32.9 Å². The Balaban J connectivity index is 1.87. The molecule has 0 unspecified atom stereocenters. The molecule has 0 aliphatic rings. The molecule has 0 saturated heterocycles. The summed E-state index contributed by atoms with van der Waals surface area (Å²) in [6, 6.07) is 7.05. The summed E-state index contributed by atoms with van der Waals surface area (Å²) in [4.78, 5) is 57.6. The third-order valence-electron chi connectivity index (χ3n) is 4.23.